The van der Waals surface area contributed by atoms with Crippen molar-refractivity contribution in [2.45, 2.75) is 26.1 Å². The minimum atomic E-state index is -0.174. The third-order valence-corrected chi connectivity index (χ3v) is 0.979. The fourth-order valence-corrected chi connectivity index (χ4v) is 0.483. The van der Waals surface area contributed by atoms with Crippen LogP contribution in [0.4, 0.5) is 0 Å². The van der Waals surface area contributed by atoms with Gasteiger partial charge in [0.2, 0.25) is 0 Å². The van der Waals surface area contributed by atoms with Crippen molar-refractivity contribution in [1.82, 2.24) is 0 Å². The number of rotatable bonds is 4. The zero-order chi connectivity index (χ0) is 7.28. The lowest BCUT2D eigenvalue weighted by Gasteiger charge is -2.14. The van der Waals surface area contributed by atoms with Gasteiger partial charge in [-0.15, -0.1) is 0 Å². The third-order valence-electron chi connectivity index (χ3n) is 0.979. The first kappa shape index (κ1) is 8.88. The van der Waals surface area contributed by atoms with Crippen LogP contribution in [0.25, 0.3) is 0 Å². The highest BCUT2D eigenvalue weighted by atomic mass is 16.5. The fraction of sp³-hybridized carbons (Fsp3) is 1.00. The van der Waals surface area contributed by atoms with Gasteiger partial charge in [0.05, 0.1) is 25.4 Å². The maximum absolute atomic E-state index is 8.47. The molecule has 0 rings (SSSR count). The smallest absolute Gasteiger partial charge is 0.0782 e. The van der Waals surface area contributed by atoms with E-state index in [-0.39, 0.29) is 25.4 Å². The Bertz CT molecular complexity index is 57.3. The molecule has 0 aliphatic carbocycles. The summed E-state index contributed by atoms with van der Waals surface area (Å²) in [5, 5.41) is 16.9. The highest BCUT2D eigenvalue weighted by Crippen LogP contribution is 1.94. The van der Waals surface area contributed by atoms with Gasteiger partial charge in [0, 0.05) is 0 Å². The van der Waals surface area contributed by atoms with Crippen molar-refractivity contribution < 1.29 is 14.9 Å². The molecule has 0 bridgehead atoms. The summed E-state index contributed by atoms with van der Waals surface area (Å²) in [5.74, 6) is 0. The highest BCUT2D eigenvalue weighted by Gasteiger charge is 2.04. The summed E-state index contributed by atoms with van der Waals surface area (Å²) in [6.07, 6.45) is -0.348. The zero-order valence-electron chi connectivity index (χ0n) is 5.87. The van der Waals surface area contributed by atoms with E-state index in [4.69, 9.17) is 14.9 Å². The Morgan fingerprint density at radius 3 is 1.67 bits per heavy atom. The normalized spacial score (nSPS) is 17.3. The summed E-state index contributed by atoms with van der Waals surface area (Å²) in [7, 11) is 0. The van der Waals surface area contributed by atoms with E-state index in [1.165, 1.54) is 0 Å². The summed E-state index contributed by atoms with van der Waals surface area (Å²) >= 11 is 0. The minimum absolute atomic E-state index is 0.00431. The van der Waals surface area contributed by atoms with Crippen LogP contribution in [0.3, 0.4) is 0 Å². The molecule has 9 heavy (non-hydrogen) atoms. The van der Waals surface area contributed by atoms with Crippen LogP contribution >= 0.6 is 0 Å². The summed E-state index contributed by atoms with van der Waals surface area (Å²) in [5.41, 5.74) is 0. The molecule has 2 atom stereocenters. The number of hydrogen-bond donors (Lipinski definition) is 2. The van der Waals surface area contributed by atoms with E-state index >= 15 is 0 Å². The summed E-state index contributed by atoms with van der Waals surface area (Å²) < 4.78 is 5.05. The summed E-state index contributed by atoms with van der Waals surface area (Å²) in [4.78, 5) is 0. The van der Waals surface area contributed by atoms with E-state index in [1.807, 2.05) is 0 Å². The highest BCUT2D eigenvalue weighted by molar-refractivity contribution is 4.50. The summed E-state index contributed by atoms with van der Waals surface area (Å²) in [6, 6.07) is 0. The average molecular weight is 134 g/mol. The largest absolute Gasteiger partial charge is 0.394 e. The number of hydrogen-bond acceptors (Lipinski definition) is 3. The lowest BCUT2D eigenvalue weighted by Crippen LogP contribution is -2.22. The van der Waals surface area contributed by atoms with E-state index in [2.05, 4.69) is 0 Å². The topological polar surface area (TPSA) is 49.7 Å². The van der Waals surface area contributed by atoms with Crippen molar-refractivity contribution in [1.29, 1.82) is 0 Å². The van der Waals surface area contributed by atoms with Gasteiger partial charge in [0.25, 0.3) is 0 Å². The van der Waals surface area contributed by atoms with Crippen molar-refractivity contribution in [3.05, 3.63) is 0 Å². The van der Waals surface area contributed by atoms with Crippen LogP contribution in [0, 0.1) is 0 Å². The quantitative estimate of drug-likeness (QED) is 0.558. The molecule has 56 valence electrons. The van der Waals surface area contributed by atoms with Gasteiger partial charge in [-0.2, -0.15) is 0 Å². The van der Waals surface area contributed by atoms with E-state index in [0.717, 1.165) is 0 Å². The van der Waals surface area contributed by atoms with Crippen LogP contribution in [0.15, 0.2) is 0 Å². The molecule has 0 aliphatic heterocycles. The second-order valence-corrected chi connectivity index (χ2v) is 2.12. The molecule has 0 saturated carbocycles. The SMILES string of the molecule is C[C@H](CO)O[C@@H](C)CO. The van der Waals surface area contributed by atoms with Gasteiger partial charge in [-0.05, 0) is 13.8 Å². The fourth-order valence-electron chi connectivity index (χ4n) is 0.483. The Hall–Kier alpha value is -0.120. The summed E-state index contributed by atoms with van der Waals surface area (Å²) in [6.45, 7) is 3.52. The maximum atomic E-state index is 8.47. The van der Waals surface area contributed by atoms with Gasteiger partial charge in [-0.3, -0.25) is 0 Å². The molecule has 0 aromatic rings. The molecule has 3 nitrogen and oxygen atoms in total. The number of aliphatic hydroxyl groups is 2. The Balaban J connectivity index is 3.22. The lowest BCUT2D eigenvalue weighted by atomic mass is 10.4. The van der Waals surface area contributed by atoms with Gasteiger partial charge < -0.3 is 14.9 Å². The molecule has 0 fully saturated rings. The molecule has 0 amide bonds. The van der Waals surface area contributed by atoms with Gasteiger partial charge in [-0.1, -0.05) is 0 Å². The van der Waals surface area contributed by atoms with Crippen LogP contribution in [0.2, 0.25) is 0 Å². The van der Waals surface area contributed by atoms with Crippen LogP contribution in [0.5, 0.6) is 0 Å². The van der Waals surface area contributed by atoms with Gasteiger partial charge in [0.1, 0.15) is 0 Å². The van der Waals surface area contributed by atoms with E-state index in [0.29, 0.717) is 0 Å². The van der Waals surface area contributed by atoms with E-state index in [1.54, 1.807) is 13.8 Å². The third kappa shape index (κ3) is 4.39. The molecule has 0 aromatic carbocycles. The molecular weight excluding hydrogens is 120 g/mol. The van der Waals surface area contributed by atoms with Crippen LogP contribution in [-0.4, -0.2) is 35.6 Å². The standard InChI is InChI=1S/C6H14O3/c1-5(3-7)9-6(2)4-8/h5-8H,3-4H2,1-2H3/t5-,6+. The van der Waals surface area contributed by atoms with Crippen LogP contribution < -0.4 is 0 Å². The molecule has 0 radical (unpaired) electrons. The van der Waals surface area contributed by atoms with Crippen LogP contribution in [0.1, 0.15) is 13.8 Å². The van der Waals surface area contributed by atoms with Gasteiger partial charge >= 0.3 is 0 Å². The van der Waals surface area contributed by atoms with E-state index in [9.17, 15) is 0 Å². The molecule has 2 N–H and O–H groups in total. The maximum Gasteiger partial charge on any atom is 0.0782 e. The second-order valence-electron chi connectivity index (χ2n) is 2.12. The second kappa shape index (κ2) is 4.73. The Labute approximate surface area is 55.3 Å². The van der Waals surface area contributed by atoms with Crippen molar-refractivity contribution in [2.75, 3.05) is 13.2 Å². The molecule has 0 aromatic heterocycles. The van der Waals surface area contributed by atoms with Crippen molar-refractivity contribution in [3.8, 4) is 0 Å². The number of aliphatic hydroxyl groups excluding tert-OH is 2. The monoisotopic (exact) mass is 134 g/mol. The Kier molecular flexibility index (Phi) is 4.67. The molecule has 0 spiro atoms. The molecule has 0 unspecified atom stereocenters. The van der Waals surface area contributed by atoms with E-state index < -0.39 is 0 Å². The van der Waals surface area contributed by atoms with Crippen molar-refractivity contribution in [2.24, 2.45) is 0 Å². The first-order chi connectivity index (χ1) is 4.20. The van der Waals surface area contributed by atoms with Gasteiger partial charge in [-0.25, -0.2) is 0 Å². The van der Waals surface area contributed by atoms with Crippen molar-refractivity contribution >= 4 is 0 Å². The molecule has 0 saturated heterocycles. The molecule has 0 heterocycles. The van der Waals surface area contributed by atoms with Gasteiger partial charge in [0.15, 0.2) is 0 Å². The molecular formula is C6H14O3. The Morgan fingerprint density at radius 1 is 1.11 bits per heavy atom. The first-order valence-corrected chi connectivity index (χ1v) is 3.08. The lowest BCUT2D eigenvalue weighted by molar-refractivity contribution is -0.0424. The molecule has 0 aliphatic rings. The number of ether oxygens (including phenoxy) is 1. The van der Waals surface area contributed by atoms with Crippen molar-refractivity contribution in [3.63, 3.8) is 0 Å². The average Bonchev–Trinajstić information content (AvgIpc) is 1.87. The predicted octanol–water partition coefficient (Wildman–Crippen LogP) is -0.235. The van der Waals surface area contributed by atoms with Crippen LogP contribution in [-0.2, 0) is 4.74 Å². The first-order valence-electron chi connectivity index (χ1n) is 3.08. The predicted molar refractivity (Wildman–Crippen MR) is 34.2 cm³/mol. The zero-order valence-corrected chi connectivity index (χ0v) is 5.87. The molecule has 3 heteroatoms. The Morgan fingerprint density at radius 2 is 1.44 bits per heavy atom. The minimum Gasteiger partial charge on any atom is -0.394 e.